The van der Waals surface area contributed by atoms with Crippen LogP contribution in [0.2, 0.25) is 0 Å². The number of hydroxylamine groups is 1. The van der Waals surface area contributed by atoms with E-state index >= 15 is 0 Å². The Balaban J connectivity index is 2.26. The Morgan fingerprint density at radius 1 is 1.42 bits per heavy atom. The van der Waals surface area contributed by atoms with Crippen molar-refractivity contribution in [2.75, 3.05) is 24.8 Å². The van der Waals surface area contributed by atoms with Crippen LogP contribution in [0.5, 0.6) is 0 Å². The summed E-state index contributed by atoms with van der Waals surface area (Å²) < 4.78 is 38.1. The zero-order chi connectivity index (χ0) is 14.0. The number of nitrogens with one attached hydrogen (secondary N) is 1. The Labute approximate surface area is 108 Å². The second kappa shape index (κ2) is 5.30. The molecule has 2 rings (SSSR count). The molecule has 0 aromatic carbocycles. The second-order valence-corrected chi connectivity index (χ2v) is 4.41. The Morgan fingerprint density at radius 2 is 2.16 bits per heavy atom. The molecule has 1 fully saturated rings. The summed E-state index contributed by atoms with van der Waals surface area (Å²) in [5.41, 5.74) is -0.955. The van der Waals surface area contributed by atoms with Gasteiger partial charge in [0.15, 0.2) is 5.82 Å². The van der Waals surface area contributed by atoms with Gasteiger partial charge < -0.3 is 5.32 Å². The number of halogens is 3. The summed E-state index contributed by atoms with van der Waals surface area (Å²) in [5, 5.41) is 4.55. The number of hydrogen-bond donors (Lipinski definition) is 1. The van der Waals surface area contributed by atoms with Crippen LogP contribution in [-0.4, -0.2) is 35.7 Å². The van der Waals surface area contributed by atoms with Gasteiger partial charge in [0, 0.05) is 18.7 Å². The Kier molecular flexibility index (Phi) is 3.91. The topological polar surface area (TPSA) is 50.3 Å². The molecular weight excluding hydrogens is 261 g/mol. The highest BCUT2D eigenvalue weighted by Crippen LogP contribution is 2.29. The third-order valence-corrected chi connectivity index (χ3v) is 2.66. The first-order valence-electron chi connectivity index (χ1n) is 5.93. The van der Waals surface area contributed by atoms with Gasteiger partial charge >= 0.3 is 6.18 Å². The number of alkyl halides is 3. The predicted octanol–water partition coefficient (Wildman–Crippen LogP) is 1.53. The lowest BCUT2D eigenvalue weighted by Crippen LogP contribution is -2.29. The average molecular weight is 276 g/mol. The number of nitrogens with zero attached hydrogens (tertiary/aromatic N) is 3. The SMILES string of the molecule is Cc1nc(N2CCN[C@H](C)CO2)cc(C(F)(F)F)n1. The first-order chi connectivity index (χ1) is 8.86. The fourth-order valence-corrected chi connectivity index (χ4v) is 1.74. The summed E-state index contributed by atoms with van der Waals surface area (Å²) in [5.74, 6) is 0.203. The highest BCUT2D eigenvalue weighted by Gasteiger charge is 2.34. The summed E-state index contributed by atoms with van der Waals surface area (Å²) in [7, 11) is 0. The molecule has 8 heteroatoms. The van der Waals surface area contributed by atoms with Gasteiger partial charge in [0.2, 0.25) is 0 Å². The van der Waals surface area contributed by atoms with Crippen molar-refractivity contribution in [2.24, 2.45) is 0 Å². The van der Waals surface area contributed by atoms with Crippen molar-refractivity contribution in [3.8, 4) is 0 Å². The average Bonchev–Trinajstić information content (AvgIpc) is 2.52. The molecule has 1 atom stereocenters. The van der Waals surface area contributed by atoms with Gasteiger partial charge in [-0.25, -0.2) is 15.0 Å². The standard InChI is InChI=1S/C11H15F3N4O/c1-7-6-19-18(4-3-15-7)10-5-9(11(12,13)14)16-8(2)17-10/h5,7,15H,3-4,6H2,1-2H3/t7-/m1/s1. The molecule has 1 aliphatic heterocycles. The molecular formula is C11H15F3N4O. The van der Waals surface area contributed by atoms with Gasteiger partial charge in [-0.15, -0.1) is 0 Å². The van der Waals surface area contributed by atoms with Crippen molar-refractivity contribution < 1.29 is 18.0 Å². The van der Waals surface area contributed by atoms with E-state index in [2.05, 4.69) is 15.3 Å². The highest BCUT2D eigenvalue weighted by atomic mass is 19.4. The van der Waals surface area contributed by atoms with Crippen LogP contribution in [-0.2, 0) is 11.0 Å². The Morgan fingerprint density at radius 3 is 2.84 bits per heavy atom. The monoisotopic (exact) mass is 276 g/mol. The number of aryl methyl sites for hydroxylation is 1. The van der Waals surface area contributed by atoms with Crippen molar-refractivity contribution in [1.29, 1.82) is 0 Å². The lowest BCUT2D eigenvalue weighted by molar-refractivity contribution is -0.141. The molecule has 1 aromatic heterocycles. The van der Waals surface area contributed by atoms with E-state index in [0.29, 0.717) is 19.7 Å². The van der Waals surface area contributed by atoms with E-state index in [1.807, 2.05) is 6.92 Å². The molecule has 0 saturated carbocycles. The zero-order valence-electron chi connectivity index (χ0n) is 10.7. The quantitative estimate of drug-likeness (QED) is 0.843. The van der Waals surface area contributed by atoms with E-state index in [1.165, 1.54) is 12.0 Å². The van der Waals surface area contributed by atoms with Crippen LogP contribution in [0.4, 0.5) is 19.0 Å². The van der Waals surface area contributed by atoms with Crippen LogP contribution in [0, 0.1) is 6.92 Å². The van der Waals surface area contributed by atoms with Gasteiger partial charge in [0.05, 0.1) is 13.2 Å². The van der Waals surface area contributed by atoms with Crippen molar-refractivity contribution in [1.82, 2.24) is 15.3 Å². The number of aromatic nitrogens is 2. The zero-order valence-corrected chi connectivity index (χ0v) is 10.7. The molecule has 1 aromatic rings. The Bertz CT molecular complexity index is 452. The van der Waals surface area contributed by atoms with Gasteiger partial charge in [-0.3, -0.25) is 4.84 Å². The normalized spacial score (nSPS) is 21.3. The molecule has 0 spiro atoms. The minimum absolute atomic E-state index is 0.0682. The molecule has 19 heavy (non-hydrogen) atoms. The van der Waals surface area contributed by atoms with Gasteiger partial charge in [-0.05, 0) is 13.8 Å². The molecule has 0 aliphatic carbocycles. The van der Waals surface area contributed by atoms with E-state index in [1.54, 1.807) is 0 Å². The largest absolute Gasteiger partial charge is 0.433 e. The van der Waals surface area contributed by atoms with E-state index in [-0.39, 0.29) is 17.7 Å². The van der Waals surface area contributed by atoms with Crippen LogP contribution in [0.15, 0.2) is 6.07 Å². The maximum atomic E-state index is 12.7. The van der Waals surface area contributed by atoms with Crippen molar-refractivity contribution >= 4 is 5.82 Å². The molecule has 106 valence electrons. The first-order valence-corrected chi connectivity index (χ1v) is 5.93. The van der Waals surface area contributed by atoms with E-state index in [0.717, 1.165) is 6.07 Å². The second-order valence-electron chi connectivity index (χ2n) is 4.41. The fraction of sp³-hybridized carbons (Fsp3) is 0.636. The van der Waals surface area contributed by atoms with Gasteiger partial charge in [-0.1, -0.05) is 0 Å². The van der Waals surface area contributed by atoms with Gasteiger partial charge in [0.1, 0.15) is 11.5 Å². The molecule has 1 saturated heterocycles. The van der Waals surface area contributed by atoms with Crippen LogP contribution < -0.4 is 10.4 Å². The summed E-state index contributed by atoms with van der Waals surface area (Å²) >= 11 is 0. The summed E-state index contributed by atoms with van der Waals surface area (Å²) in [6.07, 6.45) is -4.49. The van der Waals surface area contributed by atoms with E-state index in [4.69, 9.17) is 4.84 Å². The van der Waals surface area contributed by atoms with Crippen LogP contribution in [0.3, 0.4) is 0 Å². The fourth-order valence-electron chi connectivity index (χ4n) is 1.74. The minimum Gasteiger partial charge on any atom is -0.310 e. The molecule has 0 unspecified atom stereocenters. The molecule has 2 heterocycles. The maximum absolute atomic E-state index is 12.7. The first kappa shape index (κ1) is 14.0. The van der Waals surface area contributed by atoms with E-state index in [9.17, 15) is 13.2 Å². The third kappa shape index (κ3) is 3.54. The summed E-state index contributed by atoms with van der Waals surface area (Å²) in [4.78, 5) is 12.8. The smallest absolute Gasteiger partial charge is 0.310 e. The van der Waals surface area contributed by atoms with Crippen molar-refractivity contribution in [3.63, 3.8) is 0 Å². The Hall–Kier alpha value is -1.41. The van der Waals surface area contributed by atoms with Gasteiger partial charge in [-0.2, -0.15) is 13.2 Å². The van der Waals surface area contributed by atoms with Crippen LogP contribution >= 0.6 is 0 Å². The number of rotatable bonds is 1. The summed E-state index contributed by atoms with van der Waals surface area (Å²) in [6.45, 7) is 4.79. The lowest BCUT2D eigenvalue weighted by atomic mass is 10.3. The van der Waals surface area contributed by atoms with E-state index < -0.39 is 11.9 Å². The van der Waals surface area contributed by atoms with Crippen molar-refractivity contribution in [3.05, 3.63) is 17.6 Å². The minimum atomic E-state index is -4.49. The predicted molar refractivity (Wildman–Crippen MR) is 62.5 cm³/mol. The number of anilines is 1. The molecule has 1 N–H and O–H groups in total. The van der Waals surface area contributed by atoms with Crippen molar-refractivity contribution in [2.45, 2.75) is 26.1 Å². The number of hydrogen-bond acceptors (Lipinski definition) is 5. The van der Waals surface area contributed by atoms with Crippen LogP contribution in [0.1, 0.15) is 18.4 Å². The maximum Gasteiger partial charge on any atom is 0.433 e. The molecule has 0 radical (unpaired) electrons. The lowest BCUT2D eigenvalue weighted by Gasteiger charge is -2.21. The molecule has 0 amide bonds. The molecule has 5 nitrogen and oxygen atoms in total. The van der Waals surface area contributed by atoms with Gasteiger partial charge in [0.25, 0.3) is 0 Å². The third-order valence-electron chi connectivity index (χ3n) is 2.66. The molecule has 0 bridgehead atoms. The van der Waals surface area contributed by atoms with Crippen LogP contribution in [0.25, 0.3) is 0 Å². The highest BCUT2D eigenvalue weighted by molar-refractivity contribution is 5.38. The summed E-state index contributed by atoms with van der Waals surface area (Å²) in [6, 6.07) is 1.05. The molecule has 1 aliphatic rings.